The topological polar surface area (TPSA) is 26.3 Å². The van der Waals surface area contributed by atoms with E-state index in [2.05, 4.69) is 12.1 Å². The van der Waals surface area contributed by atoms with Gasteiger partial charge in [0.2, 0.25) is 0 Å². The van der Waals surface area contributed by atoms with Crippen molar-refractivity contribution in [3.8, 4) is 0 Å². The van der Waals surface area contributed by atoms with Gasteiger partial charge in [-0.1, -0.05) is 30.3 Å². The second kappa shape index (κ2) is 5.08. The first-order valence-corrected chi connectivity index (χ1v) is 5.54. The number of hydrogen-bond acceptors (Lipinski definition) is 2. The molecule has 0 aliphatic carbocycles. The second-order valence-electron chi connectivity index (χ2n) is 3.95. The monoisotopic (exact) mass is 204 g/mol. The Hall–Kier alpha value is -1.15. The van der Waals surface area contributed by atoms with Gasteiger partial charge in [0, 0.05) is 13.0 Å². The van der Waals surface area contributed by atoms with E-state index in [1.165, 1.54) is 5.56 Å². The van der Waals surface area contributed by atoms with Gasteiger partial charge in [-0.25, -0.2) is 0 Å². The third-order valence-electron chi connectivity index (χ3n) is 2.79. The van der Waals surface area contributed by atoms with E-state index >= 15 is 0 Å². The molecule has 0 aromatic heterocycles. The van der Waals surface area contributed by atoms with E-state index in [4.69, 9.17) is 4.74 Å². The normalized spacial score (nSPS) is 20.4. The quantitative estimate of drug-likeness (QED) is 0.752. The number of carbonyl (C=O) groups is 1. The molecule has 0 bridgehead atoms. The first kappa shape index (κ1) is 10.4. The second-order valence-corrected chi connectivity index (χ2v) is 3.95. The molecule has 15 heavy (non-hydrogen) atoms. The molecule has 1 aromatic carbocycles. The summed E-state index contributed by atoms with van der Waals surface area (Å²) in [6, 6.07) is 10.1. The predicted molar refractivity (Wildman–Crippen MR) is 58.7 cm³/mol. The van der Waals surface area contributed by atoms with Crippen LogP contribution in [-0.4, -0.2) is 18.5 Å². The molecule has 1 saturated heterocycles. The van der Waals surface area contributed by atoms with Gasteiger partial charge in [-0.2, -0.15) is 0 Å². The standard InChI is InChI=1S/C13H16O2/c14-12(13-7-4-10-15-13)9-8-11-5-2-1-3-6-11/h1-3,5-6,13H,4,7-10H2/t13-/m0/s1. The molecule has 0 N–H and O–H groups in total. The molecule has 0 radical (unpaired) electrons. The fourth-order valence-corrected chi connectivity index (χ4v) is 1.90. The van der Waals surface area contributed by atoms with E-state index < -0.39 is 0 Å². The van der Waals surface area contributed by atoms with Crippen molar-refractivity contribution in [1.29, 1.82) is 0 Å². The zero-order chi connectivity index (χ0) is 10.5. The number of hydrogen-bond donors (Lipinski definition) is 0. The van der Waals surface area contributed by atoms with Crippen LogP contribution in [0.5, 0.6) is 0 Å². The van der Waals surface area contributed by atoms with E-state index in [0.717, 1.165) is 25.9 Å². The molecule has 0 spiro atoms. The minimum atomic E-state index is -0.117. The van der Waals surface area contributed by atoms with Crippen molar-refractivity contribution in [2.45, 2.75) is 31.8 Å². The summed E-state index contributed by atoms with van der Waals surface area (Å²) in [4.78, 5) is 11.7. The van der Waals surface area contributed by atoms with Crippen molar-refractivity contribution >= 4 is 5.78 Å². The summed E-state index contributed by atoms with van der Waals surface area (Å²) >= 11 is 0. The molecule has 0 unspecified atom stereocenters. The first-order valence-electron chi connectivity index (χ1n) is 5.54. The third-order valence-corrected chi connectivity index (χ3v) is 2.79. The highest BCUT2D eigenvalue weighted by Gasteiger charge is 2.22. The lowest BCUT2D eigenvalue weighted by Gasteiger charge is -2.07. The molecular formula is C13H16O2. The van der Waals surface area contributed by atoms with Gasteiger partial charge in [-0.3, -0.25) is 4.79 Å². The molecule has 1 atom stereocenters. The third kappa shape index (κ3) is 2.90. The smallest absolute Gasteiger partial charge is 0.161 e. The Morgan fingerprint density at radius 3 is 2.80 bits per heavy atom. The van der Waals surface area contributed by atoms with Crippen LogP contribution in [0.15, 0.2) is 30.3 Å². The van der Waals surface area contributed by atoms with E-state index in [-0.39, 0.29) is 11.9 Å². The molecule has 2 heteroatoms. The van der Waals surface area contributed by atoms with Crippen LogP contribution < -0.4 is 0 Å². The highest BCUT2D eigenvalue weighted by molar-refractivity contribution is 5.83. The average molecular weight is 204 g/mol. The zero-order valence-electron chi connectivity index (χ0n) is 8.82. The predicted octanol–water partition coefficient (Wildman–Crippen LogP) is 2.37. The van der Waals surface area contributed by atoms with Gasteiger partial charge in [-0.15, -0.1) is 0 Å². The van der Waals surface area contributed by atoms with E-state index in [0.29, 0.717) is 6.42 Å². The van der Waals surface area contributed by atoms with Gasteiger partial charge in [0.15, 0.2) is 5.78 Å². The number of aryl methyl sites for hydroxylation is 1. The van der Waals surface area contributed by atoms with Gasteiger partial charge in [-0.05, 0) is 24.8 Å². The van der Waals surface area contributed by atoms with Crippen molar-refractivity contribution in [3.63, 3.8) is 0 Å². The van der Waals surface area contributed by atoms with E-state index in [1.807, 2.05) is 18.2 Å². The molecule has 1 aliphatic heterocycles. The summed E-state index contributed by atoms with van der Waals surface area (Å²) in [5.41, 5.74) is 1.23. The maximum Gasteiger partial charge on any atom is 0.161 e. The Balaban J connectivity index is 1.80. The van der Waals surface area contributed by atoms with E-state index in [9.17, 15) is 4.79 Å². The molecule has 0 saturated carbocycles. The minimum Gasteiger partial charge on any atom is -0.370 e. The van der Waals surface area contributed by atoms with Crippen LogP contribution in [0.2, 0.25) is 0 Å². The highest BCUT2D eigenvalue weighted by Crippen LogP contribution is 2.15. The Bertz CT molecular complexity index is 313. The molecule has 1 aromatic rings. The lowest BCUT2D eigenvalue weighted by molar-refractivity contribution is -0.127. The van der Waals surface area contributed by atoms with Crippen molar-refractivity contribution in [1.82, 2.24) is 0 Å². The Kier molecular flexibility index (Phi) is 3.51. The van der Waals surface area contributed by atoms with Crippen molar-refractivity contribution in [3.05, 3.63) is 35.9 Å². The van der Waals surface area contributed by atoms with Crippen LogP contribution in [-0.2, 0) is 16.0 Å². The van der Waals surface area contributed by atoms with Crippen molar-refractivity contribution in [2.24, 2.45) is 0 Å². The number of benzene rings is 1. The summed E-state index contributed by atoms with van der Waals surface area (Å²) < 4.78 is 5.35. The summed E-state index contributed by atoms with van der Waals surface area (Å²) in [7, 11) is 0. The van der Waals surface area contributed by atoms with Crippen LogP contribution in [0.1, 0.15) is 24.8 Å². The SMILES string of the molecule is O=C(CCc1ccccc1)[C@@H]1CCCO1. The fraction of sp³-hybridized carbons (Fsp3) is 0.462. The Labute approximate surface area is 90.3 Å². The van der Waals surface area contributed by atoms with Crippen molar-refractivity contribution < 1.29 is 9.53 Å². The van der Waals surface area contributed by atoms with Gasteiger partial charge in [0.1, 0.15) is 6.10 Å². The van der Waals surface area contributed by atoms with E-state index in [1.54, 1.807) is 0 Å². The summed E-state index contributed by atoms with van der Waals surface area (Å²) in [5, 5.41) is 0. The molecule has 2 nitrogen and oxygen atoms in total. The van der Waals surface area contributed by atoms with Gasteiger partial charge in [0.25, 0.3) is 0 Å². The number of ketones is 1. The number of ether oxygens (including phenoxy) is 1. The van der Waals surface area contributed by atoms with Crippen LogP contribution in [0.3, 0.4) is 0 Å². The highest BCUT2D eigenvalue weighted by atomic mass is 16.5. The Morgan fingerprint density at radius 2 is 2.13 bits per heavy atom. The summed E-state index contributed by atoms with van der Waals surface area (Å²) in [6.07, 6.45) is 3.26. The van der Waals surface area contributed by atoms with Crippen LogP contribution in [0.4, 0.5) is 0 Å². The van der Waals surface area contributed by atoms with Crippen LogP contribution >= 0.6 is 0 Å². The molecule has 1 fully saturated rings. The lowest BCUT2D eigenvalue weighted by atomic mass is 10.0. The average Bonchev–Trinajstić information content (AvgIpc) is 2.81. The molecule has 1 aliphatic rings. The largest absolute Gasteiger partial charge is 0.370 e. The Morgan fingerprint density at radius 1 is 1.33 bits per heavy atom. The van der Waals surface area contributed by atoms with Crippen molar-refractivity contribution in [2.75, 3.05) is 6.61 Å². The summed E-state index contributed by atoms with van der Waals surface area (Å²) in [6.45, 7) is 0.752. The van der Waals surface area contributed by atoms with Gasteiger partial charge >= 0.3 is 0 Å². The maximum atomic E-state index is 11.7. The molecule has 2 rings (SSSR count). The summed E-state index contributed by atoms with van der Waals surface area (Å²) in [5.74, 6) is 0.261. The maximum absolute atomic E-state index is 11.7. The number of carbonyl (C=O) groups excluding carboxylic acids is 1. The molecular weight excluding hydrogens is 188 g/mol. The minimum absolute atomic E-state index is 0.117. The van der Waals surface area contributed by atoms with Gasteiger partial charge < -0.3 is 4.74 Å². The molecule has 80 valence electrons. The van der Waals surface area contributed by atoms with Crippen LogP contribution in [0, 0.1) is 0 Å². The first-order chi connectivity index (χ1) is 7.36. The van der Waals surface area contributed by atoms with Crippen LogP contribution in [0.25, 0.3) is 0 Å². The number of rotatable bonds is 4. The fourth-order valence-electron chi connectivity index (χ4n) is 1.90. The molecule has 1 heterocycles. The number of Topliss-reactive ketones (excluding diaryl/α,β-unsaturated/α-hetero) is 1. The lowest BCUT2D eigenvalue weighted by Crippen LogP contribution is -2.19. The zero-order valence-corrected chi connectivity index (χ0v) is 8.82. The molecule has 0 amide bonds. The van der Waals surface area contributed by atoms with Gasteiger partial charge in [0.05, 0.1) is 0 Å².